The third-order valence-corrected chi connectivity index (χ3v) is 6.83. The lowest BCUT2D eigenvalue weighted by atomic mass is 10.1. The fourth-order valence-electron chi connectivity index (χ4n) is 4.25. The molecule has 218 valence electrons. The SMILES string of the molecule is CCN(C)Cc1cc(C(F)(F)F)cc(NC(=O)c2ccc(Cl)c(N3C=C(c4cncc(OC)c4)N(C)N3)c2)c1OC. The van der Waals surface area contributed by atoms with E-state index in [4.69, 9.17) is 21.1 Å². The molecule has 9 nitrogen and oxygen atoms in total. The Morgan fingerprint density at radius 2 is 1.90 bits per heavy atom. The Bertz CT molecular complexity index is 1470. The molecule has 0 fully saturated rings. The summed E-state index contributed by atoms with van der Waals surface area (Å²) in [5.41, 5.74) is 4.58. The number of amides is 1. The van der Waals surface area contributed by atoms with Gasteiger partial charge in [0, 0.05) is 42.7 Å². The van der Waals surface area contributed by atoms with Crippen LogP contribution in [-0.2, 0) is 12.7 Å². The zero-order valence-corrected chi connectivity index (χ0v) is 23.9. The molecule has 1 amide bonds. The van der Waals surface area contributed by atoms with Crippen molar-refractivity contribution in [3.63, 3.8) is 0 Å². The van der Waals surface area contributed by atoms with Gasteiger partial charge in [0.25, 0.3) is 5.91 Å². The zero-order chi connectivity index (χ0) is 29.9. The van der Waals surface area contributed by atoms with Gasteiger partial charge in [-0.25, -0.2) is 0 Å². The minimum absolute atomic E-state index is 0.0879. The molecule has 1 aliphatic heterocycles. The number of halogens is 4. The number of rotatable bonds is 9. The first-order valence-electron chi connectivity index (χ1n) is 12.5. The lowest BCUT2D eigenvalue weighted by Gasteiger charge is -2.22. The molecule has 1 aromatic heterocycles. The number of pyridine rings is 1. The van der Waals surface area contributed by atoms with Crippen molar-refractivity contribution in [2.45, 2.75) is 19.6 Å². The lowest BCUT2D eigenvalue weighted by Crippen LogP contribution is -2.38. The van der Waals surface area contributed by atoms with Gasteiger partial charge in [-0.1, -0.05) is 18.5 Å². The van der Waals surface area contributed by atoms with Crippen LogP contribution in [0.2, 0.25) is 5.02 Å². The summed E-state index contributed by atoms with van der Waals surface area (Å²) in [6.07, 6.45) is 0.421. The first-order chi connectivity index (χ1) is 19.4. The number of carbonyl (C=O) groups excluding carboxylic acids is 1. The molecule has 0 radical (unpaired) electrons. The van der Waals surface area contributed by atoms with Crippen molar-refractivity contribution in [1.29, 1.82) is 0 Å². The second-order valence-corrected chi connectivity index (χ2v) is 9.73. The number of hydrogen-bond donors (Lipinski definition) is 2. The molecule has 1 aliphatic rings. The van der Waals surface area contributed by atoms with Gasteiger partial charge < -0.3 is 19.7 Å². The minimum Gasteiger partial charge on any atom is -0.495 e. The maximum Gasteiger partial charge on any atom is 0.416 e. The molecule has 0 bridgehead atoms. The molecule has 13 heteroatoms. The highest BCUT2D eigenvalue weighted by molar-refractivity contribution is 6.33. The molecule has 2 N–H and O–H groups in total. The normalized spacial score (nSPS) is 13.5. The molecule has 0 aliphatic carbocycles. The van der Waals surface area contributed by atoms with Crippen LogP contribution < -0.4 is 25.3 Å². The van der Waals surface area contributed by atoms with Gasteiger partial charge in [0.15, 0.2) is 0 Å². The first-order valence-corrected chi connectivity index (χ1v) is 12.9. The van der Waals surface area contributed by atoms with Crippen molar-refractivity contribution in [1.82, 2.24) is 20.4 Å². The Hall–Kier alpha value is -4.00. The van der Waals surface area contributed by atoms with Crippen molar-refractivity contribution in [3.05, 3.63) is 82.3 Å². The lowest BCUT2D eigenvalue weighted by molar-refractivity contribution is -0.137. The number of methoxy groups -OCH3 is 2. The number of alkyl halides is 3. The molecule has 2 heterocycles. The molecule has 0 spiro atoms. The summed E-state index contributed by atoms with van der Waals surface area (Å²) in [4.78, 5) is 19.4. The number of nitrogens with one attached hydrogen (secondary N) is 2. The van der Waals surface area contributed by atoms with Crippen LogP contribution in [-0.4, -0.2) is 55.7 Å². The van der Waals surface area contributed by atoms with Gasteiger partial charge in [0.2, 0.25) is 0 Å². The minimum atomic E-state index is -4.62. The predicted octanol–water partition coefficient (Wildman–Crippen LogP) is 5.65. The number of ether oxygens (including phenoxy) is 2. The van der Waals surface area contributed by atoms with Gasteiger partial charge in [-0.05, 0) is 50.0 Å². The van der Waals surface area contributed by atoms with Crippen LogP contribution >= 0.6 is 11.6 Å². The topological polar surface area (TPSA) is 82.2 Å². The first kappa shape index (κ1) is 30.0. The van der Waals surface area contributed by atoms with E-state index < -0.39 is 17.6 Å². The molecule has 0 atom stereocenters. The Morgan fingerprint density at radius 1 is 1.15 bits per heavy atom. The molecule has 4 rings (SSSR count). The van der Waals surface area contributed by atoms with Gasteiger partial charge in [0.1, 0.15) is 11.5 Å². The second-order valence-electron chi connectivity index (χ2n) is 9.32. The average Bonchev–Trinajstić information content (AvgIpc) is 3.33. The number of nitrogens with zero attached hydrogens (tertiary/aromatic N) is 4. The van der Waals surface area contributed by atoms with E-state index in [9.17, 15) is 18.0 Å². The molecule has 0 saturated heterocycles. The number of benzene rings is 2. The summed E-state index contributed by atoms with van der Waals surface area (Å²) < 4.78 is 52.0. The van der Waals surface area contributed by atoms with Crippen LogP contribution in [0.25, 0.3) is 5.70 Å². The largest absolute Gasteiger partial charge is 0.495 e. The van der Waals surface area contributed by atoms with Crippen molar-refractivity contribution in [2.24, 2.45) is 0 Å². The molecule has 3 aromatic rings. The van der Waals surface area contributed by atoms with Crippen molar-refractivity contribution in [2.75, 3.05) is 45.2 Å². The number of hydrazine groups is 2. The van der Waals surface area contributed by atoms with Gasteiger partial charge in [0.05, 0.1) is 48.1 Å². The summed E-state index contributed by atoms with van der Waals surface area (Å²) in [5, 5.41) is 6.30. The van der Waals surface area contributed by atoms with Gasteiger partial charge in [-0.15, -0.1) is 5.53 Å². The Kier molecular flexibility index (Phi) is 8.95. The molecular formula is C28H30ClF3N6O3. The van der Waals surface area contributed by atoms with E-state index in [1.807, 2.05) is 17.9 Å². The van der Waals surface area contributed by atoms with Crippen LogP contribution in [0, 0.1) is 0 Å². The summed E-state index contributed by atoms with van der Waals surface area (Å²) >= 11 is 6.49. The van der Waals surface area contributed by atoms with E-state index in [0.717, 1.165) is 23.4 Å². The highest BCUT2D eigenvalue weighted by atomic mass is 35.5. The highest BCUT2D eigenvalue weighted by Crippen LogP contribution is 2.39. The predicted molar refractivity (Wildman–Crippen MR) is 152 cm³/mol. The highest BCUT2D eigenvalue weighted by Gasteiger charge is 2.33. The summed E-state index contributed by atoms with van der Waals surface area (Å²) in [6.45, 7) is 2.70. The number of aromatic nitrogens is 1. The van der Waals surface area contributed by atoms with Crippen molar-refractivity contribution < 1.29 is 27.4 Å². The summed E-state index contributed by atoms with van der Waals surface area (Å²) in [6, 6.07) is 8.30. The Balaban J connectivity index is 1.66. The van der Waals surface area contributed by atoms with Crippen LogP contribution in [0.3, 0.4) is 0 Å². The number of anilines is 2. The number of carbonyl (C=O) groups is 1. The van der Waals surface area contributed by atoms with Crippen LogP contribution in [0.15, 0.2) is 55.0 Å². The molecule has 2 aromatic carbocycles. The Labute approximate surface area is 241 Å². The van der Waals surface area contributed by atoms with Crippen molar-refractivity contribution in [3.8, 4) is 11.5 Å². The fourth-order valence-corrected chi connectivity index (χ4v) is 4.46. The molecule has 41 heavy (non-hydrogen) atoms. The van der Waals surface area contributed by atoms with Crippen molar-refractivity contribution >= 4 is 34.6 Å². The summed E-state index contributed by atoms with van der Waals surface area (Å²) in [7, 11) is 6.48. The van der Waals surface area contributed by atoms with Crippen LogP contribution in [0.4, 0.5) is 24.5 Å². The fraction of sp³-hybridized carbons (Fsp3) is 0.286. The van der Waals surface area contributed by atoms with Crippen LogP contribution in [0.5, 0.6) is 11.5 Å². The van der Waals surface area contributed by atoms with Gasteiger partial charge in [-0.3, -0.25) is 19.8 Å². The van der Waals surface area contributed by atoms with E-state index >= 15 is 0 Å². The van der Waals surface area contributed by atoms with E-state index in [0.29, 0.717) is 28.6 Å². The molecular weight excluding hydrogens is 561 g/mol. The molecule has 0 unspecified atom stereocenters. The second kappa shape index (κ2) is 12.2. The zero-order valence-electron chi connectivity index (χ0n) is 23.1. The quantitative estimate of drug-likeness (QED) is 0.331. The third-order valence-electron chi connectivity index (χ3n) is 6.51. The third kappa shape index (κ3) is 6.67. The van der Waals surface area contributed by atoms with E-state index in [-0.39, 0.29) is 23.5 Å². The monoisotopic (exact) mass is 590 g/mol. The van der Waals surface area contributed by atoms with Gasteiger partial charge in [-0.2, -0.15) is 13.2 Å². The van der Waals surface area contributed by atoms with E-state index in [1.54, 1.807) is 49.8 Å². The maximum atomic E-state index is 13.7. The van der Waals surface area contributed by atoms with Gasteiger partial charge >= 0.3 is 6.18 Å². The smallest absolute Gasteiger partial charge is 0.416 e. The van der Waals surface area contributed by atoms with E-state index in [1.165, 1.54) is 25.3 Å². The standard InChI is InChI=1S/C28H30ClF3N6O3/c1-6-36(2)15-19-9-20(28(30,31)32)12-23(26(19)41-5)34-27(39)17-7-8-22(29)24(11-17)38-16-25(37(3)35-38)18-10-21(40-4)14-33-13-18/h7-14,16,35H,6,15H2,1-5H3,(H,34,39). The number of hydrogen-bond acceptors (Lipinski definition) is 8. The molecule has 0 saturated carbocycles. The Morgan fingerprint density at radius 3 is 2.56 bits per heavy atom. The maximum absolute atomic E-state index is 13.7. The van der Waals surface area contributed by atoms with Crippen LogP contribution in [0.1, 0.15) is 34.0 Å². The average molecular weight is 591 g/mol. The van der Waals surface area contributed by atoms with E-state index in [2.05, 4.69) is 15.8 Å². The summed E-state index contributed by atoms with van der Waals surface area (Å²) in [5.74, 6) is 0.105.